The summed E-state index contributed by atoms with van der Waals surface area (Å²) in [6.45, 7) is 3.38. The summed E-state index contributed by atoms with van der Waals surface area (Å²) in [5, 5.41) is 12.0. The van der Waals surface area contributed by atoms with Crippen LogP contribution in [0, 0.1) is 16.0 Å². The molecule has 206 valence electrons. The molecule has 0 saturated heterocycles. The Morgan fingerprint density at radius 2 is 1.76 bits per heavy atom. The lowest BCUT2D eigenvalue weighted by molar-refractivity contribution is -0.763. The van der Waals surface area contributed by atoms with Crippen molar-refractivity contribution in [1.82, 2.24) is 5.32 Å². The Morgan fingerprint density at radius 3 is 2.39 bits per heavy atom. The minimum Gasteiger partial charge on any atom is -0.487 e. The summed E-state index contributed by atoms with van der Waals surface area (Å²) in [4.78, 5) is 25.8. The molecule has 3 rings (SSSR count). The minimum absolute atomic E-state index is 0.00705. The third kappa shape index (κ3) is 13.5. The molecule has 1 aliphatic rings. The van der Waals surface area contributed by atoms with Gasteiger partial charge in [0.15, 0.2) is 6.61 Å². The van der Waals surface area contributed by atoms with Gasteiger partial charge in [-0.1, -0.05) is 67.5 Å². The summed E-state index contributed by atoms with van der Waals surface area (Å²) in [5.41, 5.74) is 1.65. The maximum absolute atomic E-state index is 13.6. The maximum atomic E-state index is 13.6. The van der Waals surface area contributed by atoms with E-state index in [2.05, 4.69) is 16.7 Å². The zero-order chi connectivity index (χ0) is 27.6. The summed E-state index contributed by atoms with van der Waals surface area (Å²) >= 11 is 0. The number of halogens is 2. The standard InChI is InChI=1S/C15H18F2O.C14H18N2O4/c16-15(17,11-10-13-6-4-5-7-13)12-18-14-8-2-1-3-9-14;1-2-3-4-5-14(17)15-10-12-6-8-13(9-7-12)11-20-16(18)19/h1-3,8-11,13H,4-7,12H2;2,6-9H,1,3-5,10-11H2,(H,15,17)/b11-10+;. The molecule has 1 fully saturated rings. The summed E-state index contributed by atoms with van der Waals surface area (Å²) in [7, 11) is 0. The van der Waals surface area contributed by atoms with E-state index in [0.29, 0.717) is 30.2 Å². The quantitative estimate of drug-likeness (QED) is 0.125. The first-order valence-electron chi connectivity index (χ1n) is 12.7. The fourth-order valence-corrected chi connectivity index (χ4v) is 3.75. The Bertz CT molecular complexity index is 1010. The molecule has 2 aromatic carbocycles. The van der Waals surface area contributed by atoms with Crippen LogP contribution in [0.2, 0.25) is 0 Å². The number of nitrogens with zero attached hydrogens (tertiary/aromatic N) is 1. The van der Waals surface area contributed by atoms with Crippen molar-refractivity contribution in [2.24, 2.45) is 5.92 Å². The average Bonchev–Trinajstić information content (AvgIpc) is 3.44. The Hall–Kier alpha value is -3.75. The predicted molar refractivity (Wildman–Crippen MR) is 142 cm³/mol. The lowest BCUT2D eigenvalue weighted by Gasteiger charge is -2.14. The monoisotopic (exact) mass is 530 g/mol. The third-order valence-electron chi connectivity index (χ3n) is 5.85. The van der Waals surface area contributed by atoms with Gasteiger partial charge in [-0.15, -0.1) is 16.7 Å². The van der Waals surface area contributed by atoms with Crippen molar-refractivity contribution < 1.29 is 28.2 Å². The van der Waals surface area contributed by atoms with Crippen LogP contribution in [0.4, 0.5) is 8.78 Å². The number of allylic oxidation sites excluding steroid dienone is 2. The van der Waals surface area contributed by atoms with Gasteiger partial charge in [-0.05, 0) is 60.9 Å². The van der Waals surface area contributed by atoms with Gasteiger partial charge in [0, 0.05) is 13.0 Å². The van der Waals surface area contributed by atoms with E-state index in [-0.39, 0.29) is 12.5 Å². The predicted octanol–water partition coefficient (Wildman–Crippen LogP) is 6.81. The van der Waals surface area contributed by atoms with Gasteiger partial charge in [0.05, 0.1) is 0 Å². The average molecular weight is 531 g/mol. The molecule has 38 heavy (non-hydrogen) atoms. The van der Waals surface area contributed by atoms with E-state index in [9.17, 15) is 23.7 Å². The Kier molecular flexibility index (Phi) is 13.5. The van der Waals surface area contributed by atoms with Gasteiger partial charge < -0.3 is 14.9 Å². The molecule has 0 bridgehead atoms. The molecular weight excluding hydrogens is 494 g/mol. The number of alkyl halides is 2. The van der Waals surface area contributed by atoms with Gasteiger partial charge in [0.2, 0.25) is 5.91 Å². The molecule has 0 heterocycles. The van der Waals surface area contributed by atoms with Crippen molar-refractivity contribution in [2.45, 2.75) is 64.0 Å². The first kappa shape index (κ1) is 30.5. The number of para-hydroxylation sites is 1. The Balaban J connectivity index is 0.000000268. The van der Waals surface area contributed by atoms with Gasteiger partial charge in [-0.25, -0.2) is 0 Å². The lowest BCUT2D eigenvalue weighted by atomic mass is 10.1. The zero-order valence-corrected chi connectivity index (χ0v) is 21.5. The van der Waals surface area contributed by atoms with Crippen LogP contribution in [0.15, 0.2) is 79.4 Å². The molecule has 0 aromatic heterocycles. The molecule has 0 aliphatic heterocycles. The second kappa shape index (κ2) is 16.9. The second-order valence-electron chi connectivity index (χ2n) is 9.04. The van der Waals surface area contributed by atoms with Crippen LogP contribution in [-0.4, -0.2) is 23.5 Å². The number of carbonyl (C=O) groups is 1. The van der Waals surface area contributed by atoms with Crippen molar-refractivity contribution in [1.29, 1.82) is 0 Å². The van der Waals surface area contributed by atoms with E-state index in [1.807, 2.05) is 18.2 Å². The fraction of sp³-hybridized carbons (Fsp3) is 0.414. The minimum atomic E-state index is -2.89. The molecule has 9 heteroatoms. The van der Waals surface area contributed by atoms with Gasteiger partial charge >= 0.3 is 0 Å². The van der Waals surface area contributed by atoms with Crippen molar-refractivity contribution in [3.63, 3.8) is 0 Å². The van der Waals surface area contributed by atoms with Gasteiger partial charge in [0.1, 0.15) is 12.4 Å². The number of carbonyl (C=O) groups excluding carboxylic acids is 1. The van der Waals surface area contributed by atoms with Crippen molar-refractivity contribution in [3.05, 3.63) is 101 Å². The van der Waals surface area contributed by atoms with Crippen LogP contribution in [0.5, 0.6) is 5.75 Å². The van der Waals surface area contributed by atoms with E-state index in [1.54, 1.807) is 48.6 Å². The third-order valence-corrected chi connectivity index (χ3v) is 5.85. The van der Waals surface area contributed by atoms with Gasteiger partial charge in [-0.2, -0.15) is 8.78 Å². The topological polar surface area (TPSA) is 90.7 Å². The SMILES string of the molecule is C=CCCCC(=O)NCc1ccc(CO[N+](=O)[O-])cc1.FC(F)(/C=C/C1CCCC1)COc1ccccc1. The first-order valence-corrected chi connectivity index (χ1v) is 12.7. The molecule has 7 nitrogen and oxygen atoms in total. The highest BCUT2D eigenvalue weighted by Gasteiger charge is 2.27. The molecule has 0 unspecified atom stereocenters. The highest BCUT2D eigenvalue weighted by molar-refractivity contribution is 5.75. The van der Waals surface area contributed by atoms with Crippen LogP contribution in [0.1, 0.15) is 56.1 Å². The first-order chi connectivity index (χ1) is 18.3. The van der Waals surface area contributed by atoms with E-state index < -0.39 is 17.6 Å². The second-order valence-corrected chi connectivity index (χ2v) is 9.04. The van der Waals surface area contributed by atoms with Crippen LogP contribution in [0.25, 0.3) is 0 Å². The molecule has 0 radical (unpaired) electrons. The molecule has 0 atom stereocenters. The number of unbranched alkanes of at least 4 members (excludes halogenated alkanes) is 1. The van der Waals surface area contributed by atoms with Crippen molar-refractivity contribution in [2.75, 3.05) is 6.61 Å². The lowest BCUT2D eigenvalue weighted by Crippen LogP contribution is -2.23. The number of rotatable bonds is 14. The summed E-state index contributed by atoms with van der Waals surface area (Å²) in [5.74, 6) is -2.08. The Morgan fingerprint density at radius 1 is 1.11 bits per heavy atom. The number of ether oxygens (including phenoxy) is 1. The van der Waals surface area contributed by atoms with Crippen LogP contribution < -0.4 is 10.1 Å². The molecule has 1 saturated carbocycles. The summed E-state index contributed by atoms with van der Waals surface area (Å²) < 4.78 is 32.2. The molecular formula is C29H36F2N2O5. The summed E-state index contributed by atoms with van der Waals surface area (Å²) in [6.07, 6.45) is 10.9. The van der Waals surface area contributed by atoms with E-state index in [4.69, 9.17) is 4.74 Å². The van der Waals surface area contributed by atoms with Gasteiger partial charge in [0.25, 0.3) is 11.0 Å². The zero-order valence-electron chi connectivity index (χ0n) is 21.5. The Labute approximate surface area is 222 Å². The normalized spacial score (nSPS) is 13.4. The van der Waals surface area contributed by atoms with E-state index >= 15 is 0 Å². The molecule has 2 aromatic rings. The number of benzene rings is 2. The van der Waals surface area contributed by atoms with Crippen molar-refractivity contribution in [3.8, 4) is 5.75 Å². The summed E-state index contributed by atoms with van der Waals surface area (Å²) in [6, 6.07) is 15.8. The number of nitrogens with one attached hydrogen (secondary N) is 1. The molecule has 0 spiro atoms. The molecule has 1 N–H and O–H groups in total. The van der Waals surface area contributed by atoms with Crippen LogP contribution in [0.3, 0.4) is 0 Å². The van der Waals surface area contributed by atoms with Crippen LogP contribution in [-0.2, 0) is 22.8 Å². The van der Waals surface area contributed by atoms with E-state index in [1.165, 1.54) is 0 Å². The van der Waals surface area contributed by atoms with E-state index in [0.717, 1.165) is 50.2 Å². The van der Waals surface area contributed by atoms with Gasteiger partial charge in [-0.3, -0.25) is 4.79 Å². The molecule has 1 aliphatic carbocycles. The van der Waals surface area contributed by atoms with Crippen molar-refractivity contribution >= 4 is 5.91 Å². The fourth-order valence-electron chi connectivity index (χ4n) is 3.75. The maximum Gasteiger partial charge on any atom is 0.299 e. The molecule has 1 amide bonds. The largest absolute Gasteiger partial charge is 0.487 e. The van der Waals surface area contributed by atoms with Crippen LogP contribution >= 0.6 is 0 Å². The smallest absolute Gasteiger partial charge is 0.299 e. The highest BCUT2D eigenvalue weighted by atomic mass is 19.3. The number of amides is 1. The number of hydrogen-bond donors (Lipinski definition) is 1. The number of hydrogen-bond acceptors (Lipinski definition) is 5. The highest BCUT2D eigenvalue weighted by Crippen LogP contribution is 2.28.